The fourth-order valence-electron chi connectivity index (χ4n) is 5.66. The van der Waals surface area contributed by atoms with E-state index in [1.807, 2.05) is 0 Å². The van der Waals surface area contributed by atoms with Crippen LogP contribution in [0.1, 0.15) is 81.6 Å². The molecular formula is C25H37FO2S. The van der Waals surface area contributed by atoms with Crippen LogP contribution in [0.4, 0.5) is 4.39 Å². The Morgan fingerprint density at radius 3 is 2.00 bits per heavy atom. The highest BCUT2D eigenvalue weighted by atomic mass is 32.1. The van der Waals surface area contributed by atoms with Gasteiger partial charge in [0.2, 0.25) is 0 Å². The Kier molecular flexibility index (Phi) is 7.58. The third-order valence-corrected chi connectivity index (χ3v) is 8.26. The summed E-state index contributed by atoms with van der Waals surface area (Å²) in [5, 5.41) is 0.515. The largest absolute Gasteiger partial charge is 0.348 e. The van der Waals surface area contributed by atoms with Crippen LogP contribution in [0.5, 0.6) is 0 Å². The molecule has 4 rings (SSSR count). The molecule has 2 saturated carbocycles. The Morgan fingerprint density at radius 2 is 1.45 bits per heavy atom. The first-order valence-electron chi connectivity index (χ1n) is 11.7. The van der Waals surface area contributed by atoms with Gasteiger partial charge in [0.05, 0.1) is 19.9 Å². The van der Waals surface area contributed by atoms with E-state index in [1.165, 1.54) is 31.2 Å². The minimum Gasteiger partial charge on any atom is -0.348 e. The highest BCUT2D eigenvalue weighted by Gasteiger charge is 2.33. The molecule has 1 aliphatic heterocycles. The SMILES string of the molecule is CC(S)C1CCC(C2COC(c3ccc(C4CCC(CF)CC4)cc3)OC2)CC1. The number of hydrogen-bond acceptors (Lipinski definition) is 3. The number of ether oxygens (including phenoxy) is 2. The molecule has 0 spiro atoms. The number of rotatable bonds is 5. The quantitative estimate of drug-likeness (QED) is 0.533. The standard InChI is InChI=1S/C25H37FO2S/c1-17(29)19-6-8-22(9-7-19)24-15-27-25(28-16-24)23-12-10-21(11-13-23)20-4-2-18(14-26)3-5-20/h10-13,17-20,22,24-25,29H,2-9,14-16H2,1H3. The molecule has 1 unspecified atom stereocenters. The summed E-state index contributed by atoms with van der Waals surface area (Å²) in [4.78, 5) is 0. The minimum absolute atomic E-state index is 0.154. The number of alkyl halides is 1. The Labute approximate surface area is 181 Å². The van der Waals surface area contributed by atoms with E-state index in [1.54, 1.807) is 0 Å². The van der Waals surface area contributed by atoms with Gasteiger partial charge in [-0.15, -0.1) is 0 Å². The molecule has 162 valence electrons. The highest BCUT2D eigenvalue weighted by molar-refractivity contribution is 7.80. The van der Waals surface area contributed by atoms with Crippen molar-refractivity contribution in [2.75, 3.05) is 19.9 Å². The molecule has 3 aliphatic rings. The lowest BCUT2D eigenvalue weighted by Crippen LogP contribution is -2.35. The van der Waals surface area contributed by atoms with E-state index in [4.69, 9.17) is 9.47 Å². The van der Waals surface area contributed by atoms with Crippen molar-refractivity contribution in [2.45, 2.75) is 75.7 Å². The van der Waals surface area contributed by atoms with E-state index < -0.39 is 0 Å². The molecule has 1 aromatic carbocycles. The summed E-state index contributed by atoms with van der Waals surface area (Å²) in [5.74, 6) is 2.92. The topological polar surface area (TPSA) is 18.5 Å². The second kappa shape index (κ2) is 10.2. The van der Waals surface area contributed by atoms with Crippen molar-refractivity contribution in [3.63, 3.8) is 0 Å². The molecule has 2 nitrogen and oxygen atoms in total. The van der Waals surface area contributed by atoms with Crippen molar-refractivity contribution >= 4 is 12.6 Å². The maximum atomic E-state index is 12.8. The summed E-state index contributed by atoms with van der Waals surface area (Å²) in [6.45, 7) is 3.70. The summed E-state index contributed by atoms with van der Waals surface area (Å²) in [7, 11) is 0. The van der Waals surface area contributed by atoms with Gasteiger partial charge in [-0.3, -0.25) is 4.39 Å². The maximum absolute atomic E-state index is 12.8. The van der Waals surface area contributed by atoms with Crippen molar-refractivity contribution in [1.29, 1.82) is 0 Å². The zero-order chi connectivity index (χ0) is 20.2. The first-order valence-corrected chi connectivity index (χ1v) is 12.2. The fraction of sp³-hybridized carbons (Fsp3) is 0.760. The molecule has 0 amide bonds. The molecule has 0 aromatic heterocycles. The molecule has 1 saturated heterocycles. The van der Waals surface area contributed by atoms with Gasteiger partial charge in [-0.05, 0) is 80.6 Å². The van der Waals surface area contributed by atoms with Crippen LogP contribution >= 0.6 is 12.6 Å². The number of hydrogen-bond donors (Lipinski definition) is 1. The minimum atomic E-state index is -0.226. The van der Waals surface area contributed by atoms with Crippen molar-refractivity contribution in [1.82, 2.24) is 0 Å². The Balaban J connectivity index is 1.25. The average molecular weight is 421 g/mol. The molecule has 0 radical (unpaired) electrons. The number of halogens is 1. The summed E-state index contributed by atoms with van der Waals surface area (Å²) in [6, 6.07) is 8.80. The first-order chi connectivity index (χ1) is 14.1. The van der Waals surface area contributed by atoms with Gasteiger partial charge in [0, 0.05) is 16.7 Å². The molecule has 1 aromatic rings. The van der Waals surface area contributed by atoms with Crippen molar-refractivity contribution in [2.24, 2.45) is 23.7 Å². The molecule has 0 bridgehead atoms. The van der Waals surface area contributed by atoms with E-state index in [0.29, 0.717) is 23.0 Å². The van der Waals surface area contributed by atoms with Crippen LogP contribution in [0.25, 0.3) is 0 Å². The van der Waals surface area contributed by atoms with Gasteiger partial charge in [-0.1, -0.05) is 31.2 Å². The summed E-state index contributed by atoms with van der Waals surface area (Å²) >= 11 is 4.63. The zero-order valence-electron chi connectivity index (χ0n) is 17.8. The monoisotopic (exact) mass is 420 g/mol. The highest BCUT2D eigenvalue weighted by Crippen LogP contribution is 2.40. The van der Waals surface area contributed by atoms with E-state index in [-0.39, 0.29) is 13.0 Å². The van der Waals surface area contributed by atoms with Crippen LogP contribution in [0.3, 0.4) is 0 Å². The molecule has 29 heavy (non-hydrogen) atoms. The van der Waals surface area contributed by atoms with E-state index in [2.05, 4.69) is 43.8 Å². The van der Waals surface area contributed by atoms with Crippen LogP contribution in [-0.2, 0) is 9.47 Å². The third-order valence-electron chi connectivity index (χ3n) is 7.83. The smallest absolute Gasteiger partial charge is 0.183 e. The van der Waals surface area contributed by atoms with Crippen molar-refractivity contribution in [3.8, 4) is 0 Å². The normalized spacial score (nSPS) is 37.2. The zero-order valence-corrected chi connectivity index (χ0v) is 18.7. The van der Waals surface area contributed by atoms with Crippen molar-refractivity contribution in [3.05, 3.63) is 35.4 Å². The van der Waals surface area contributed by atoms with Crippen LogP contribution in [0.2, 0.25) is 0 Å². The Morgan fingerprint density at radius 1 is 0.862 bits per heavy atom. The van der Waals surface area contributed by atoms with Crippen LogP contribution in [-0.4, -0.2) is 25.1 Å². The van der Waals surface area contributed by atoms with Gasteiger partial charge in [-0.25, -0.2) is 0 Å². The average Bonchev–Trinajstić information content (AvgIpc) is 2.79. The van der Waals surface area contributed by atoms with Crippen molar-refractivity contribution < 1.29 is 13.9 Å². The predicted molar refractivity (Wildman–Crippen MR) is 119 cm³/mol. The second-order valence-corrected chi connectivity index (χ2v) is 10.5. The summed E-state index contributed by atoms with van der Waals surface area (Å²) < 4.78 is 25.1. The molecule has 2 aliphatic carbocycles. The third kappa shape index (κ3) is 5.37. The van der Waals surface area contributed by atoms with Crippen LogP contribution in [0.15, 0.2) is 24.3 Å². The van der Waals surface area contributed by atoms with Gasteiger partial charge in [0.1, 0.15) is 0 Å². The lowest BCUT2D eigenvalue weighted by molar-refractivity contribution is -0.214. The molecule has 1 atom stereocenters. The van der Waals surface area contributed by atoms with Gasteiger partial charge < -0.3 is 9.47 Å². The first kappa shape index (κ1) is 21.6. The summed E-state index contributed by atoms with van der Waals surface area (Å²) in [5.41, 5.74) is 2.51. The maximum Gasteiger partial charge on any atom is 0.183 e. The lowest BCUT2D eigenvalue weighted by atomic mass is 9.75. The molecule has 3 fully saturated rings. The van der Waals surface area contributed by atoms with E-state index >= 15 is 0 Å². The molecule has 0 N–H and O–H groups in total. The van der Waals surface area contributed by atoms with Gasteiger partial charge in [-0.2, -0.15) is 12.6 Å². The number of thiol groups is 1. The van der Waals surface area contributed by atoms with Crippen LogP contribution < -0.4 is 0 Å². The number of benzene rings is 1. The van der Waals surface area contributed by atoms with Gasteiger partial charge in [0.15, 0.2) is 6.29 Å². The summed E-state index contributed by atoms with van der Waals surface area (Å²) in [6.07, 6.45) is 9.21. The predicted octanol–water partition coefficient (Wildman–Crippen LogP) is 6.72. The van der Waals surface area contributed by atoms with E-state index in [9.17, 15) is 4.39 Å². The van der Waals surface area contributed by atoms with E-state index in [0.717, 1.165) is 56.3 Å². The molecule has 4 heteroatoms. The molecular weight excluding hydrogens is 383 g/mol. The van der Waals surface area contributed by atoms with Crippen LogP contribution in [0, 0.1) is 23.7 Å². The molecule has 1 heterocycles. The lowest BCUT2D eigenvalue weighted by Gasteiger charge is -2.38. The second-order valence-electron chi connectivity index (χ2n) is 9.71. The Hall–Kier alpha value is -0.580. The van der Waals surface area contributed by atoms with Gasteiger partial charge in [0.25, 0.3) is 0 Å². The Bertz CT molecular complexity index is 610. The van der Waals surface area contributed by atoms with Gasteiger partial charge >= 0.3 is 0 Å². The fourth-order valence-corrected chi connectivity index (χ4v) is 5.96.